The van der Waals surface area contributed by atoms with Crippen molar-refractivity contribution in [3.05, 3.63) is 0 Å². The summed E-state index contributed by atoms with van der Waals surface area (Å²) in [5, 5.41) is 3.17. The van der Waals surface area contributed by atoms with Gasteiger partial charge in [-0.15, -0.1) is 0 Å². The molecule has 0 aromatic rings. The lowest BCUT2D eigenvalue weighted by Gasteiger charge is -2.31. The molecule has 4 heteroatoms. The van der Waals surface area contributed by atoms with Gasteiger partial charge in [-0.2, -0.15) is 0 Å². The van der Waals surface area contributed by atoms with Gasteiger partial charge in [0.1, 0.15) is 0 Å². The number of rotatable bonds is 2. The minimum absolute atomic E-state index is 0.0411. The second kappa shape index (κ2) is 5.83. The SMILES string of the molecule is NC1CCC(NC(=O)C2CCCCC2N)CC1. The normalized spacial score (nSPS) is 38.7. The smallest absolute Gasteiger partial charge is 0.224 e. The van der Waals surface area contributed by atoms with E-state index in [-0.39, 0.29) is 17.9 Å². The fraction of sp³-hybridized carbons (Fsp3) is 0.923. The number of carbonyl (C=O) groups is 1. The van der Waals surface area contributed by atoms with E-state index in [1.54, 1.807) is 0 Å². The summed E-state index contributed by atoms with van der Waals surface area (Å²) in [6.07, 6.45) is 8.37. The lowest BCUT2D eigenvalue weighted by atomic mass is 9.83. The summed E-state index contributed by atoms with van der Waals surface area (Å²) in [5.74, 6) is 0.219. The van der Waals surface area contributed by atoms with Crippen LogP contribution in [-0.4, -0.2) is 24.0 Å². The predicted molar refractivity (Wildman–Crippen MR) is 68.3 cm³/mol. The van der Waals surface area contributed by atoms with Crippen LogP contribution in [0.2, 0.25) is 0 Å². The van der Waals surface area contributed by atoms with E-state index in [1.807, 2.05) is 0 Å². The molecule has 17 heavy (non-hydrogen) atoms. The zero-order valence-corrected chi connectivity index (χ0v) is 10.5. The highest BCUT2D eigenvalue weighted by atomic mass is 16.2. The lowest BCUT2D eigenvalue weighted by molar-refractivity contribution is -0.127. The first-order valence-corrected chi connectivity index (χ1v) is 6.98. The van der Waals surface area contributed by atoms with E-state index in [0.717, 1.165) is 44.9 Å². The molecule has 2 aliphatic carbocycles. The highest BCUT2D eigenvalue weighted by Gasteiger charge is 2.30. The monoisotopic (exact) mass is 239 g/mol. The average Bonchev–Trinajstić information content (AvgIpc) is 2.32. The van der Waals surface area contributed by atoms with E-state index in [9.17, 15) is 4.79 Å². The molecular weight excluding hydrogens is 214 g/mol. The molecule has 0 bridgehead atoms. The van der Waals surface area contributed by atoms with Gasteiger partial charge < -0.3 is 16.8 Å². The third kappa shape index (κ3) is 3.42. The molecule has 2 unspecified atom stereocenters. The third-order valence-corrected chi connectivity index (χ3v) is 4.27. The Bertz CT molecular complexity index is 261. The summed E-state index contributed by atoms with van der Waals surface area (Å²) in [6, 6.07) is 0.728. The van der Waals surface area contributed by atoms with E-state index in [4.69, 9.17) is 11.5 Å². The van der Waals surface area contributed by atoms with E-state index in [2.05, 4.69) is 5.32 Å². The molecule has 2 atom stereocenters. The number of nitrogens with one attached hydrogen (secondary N) is 1. The summed E-state index contributed by atoms with van der Waals surface area (Å²) < 4.78 is 0. The summed E-state index contributed by atoms with van der Waals surface area (Å²) >= 11 is 0. The predicted octanol–water partition coefficient (Wildman–Crippen LogP) is 0.890. The van der Waals surface area contributed by atoms with Crippen molar-refractivity contribution in [2.45, 2.75) is 69.5 Å². The van der Waals surface area contributed by atoms with Crippen LogP contribution >= 0.6 is 0 Å². The Labute approximate surface area is 103 Å². The number of nitrogens with two attached hydrogens (primary N) is 2. The number of carbonyl (C=O) groups excluding carboxylic acids is 1. The number of hydrogen-bond acceptors (Lipinski definition) is 3. The molecule has 98 valence electrons. The molecule has 2 rings (SSSR count). The second-order valence-corrected chi connectivity index (χ2v) is 5.68. The Balaban J connectivity index is 1.79. The van der Waals surface area contributed by atoms with Crippen molar-refractivity contribution in [3.63, 3.8) is 0 Å². The van der Waals surface area contributed by atoms with Crippen LogP contribution in [0.4, 0.5) is 0 Å². The highest BCUT2D eigenvalue weighted by Crippen LogP contribution is 2.24. The van der Waals surface area contributed by atoms with Gasteiger partial charge in [-0.3, -0.25) is 4.79 Å². The Hall–Kier alpha value is -0.610. The van der Waals surface area contributed by atoms with Crippen LogP contribution in [0.15, 0.2) is 0 Å². The largest absolute Gasteiger partial charge is 0.353 e. The Morgan fingerprint density at radius 3 is 2.24 bits per heavy atom. The van der Waals surface area contributed by atoms with Gasteiger partial charge in [0, 0.05) is 18.1 Å². The van der Waals surface area contributed by atoms with Gasteiger partial charge >= 0.3 is 0 Å². The topological polar surface area (TPSA) is 81.1 Å². The van der Waals surface area contributed by atoms with Crippen LogP contribution in [0.5, 0.6) is 0 Å². The molecule has 0 aliphatic heterocycles. The first-order chi connectivity index (χ1) is 8.16. The van der Waals surface area contributed by atoms with E-state index in [0.29, 0.717) is 12.1 Å². The minimum Gasteiger partial charge on any atom is -0.353 e. The van der Waals surface area contributed by atoms with Crippen molar-refractivity contribution >= 4 is 5.91 Å². The maximum absolute atomic E-state index is 12.1. The fourth-order valence-electron chi connectivity index (χ4n) is 3.06. The van der Waals surface area contributed by atoms with Gasteiger partial charge in [-0.05, 0) is 38.5 Å². The lowest BCUT2D eigenvalue weighted by Crippen LogP contribution is -2.48. The number of amides is 1. The van der Waals surface area contributed by atoms with Crippen molar-refractivity contribution < 1.29 is 4.79 Å². The van der Waals surface area contributed by atoms with Crippen LogP contribution in [0, 0.1) is 5.92 Å². The summed E-state index contributed by atoms with van der Waals surface area (Å²) in [6.45, 7) is 0. The van der Waals surface area contributed by atoms with Crippen molar-refractivity contribution in [1.29, 1.82) is 0 Å². The fourth-order valence-corrected chi connectivity index (χ4v) is 3.06. The zero-order valence-electron chi connectivity index (χ0n) is 10.5. The molecule has 4 nitrogen and oxygen atoms in total. The molecule has 0 aromatic heterocycles. The first kappa shape index (κ1) is 12.8. The molecule has 5 N–H and O–H groups in total. The summed E-state index contributed by atoms with van der Waals surface area (Å²) in [5.41, 5.74) is 11.9. The average molecular weight is 239 g/mol. The van der Waals surface area contributed by atoms with Gasteiger partial charge in [-0.1, -0.05) is 12.8 Å². The molecule has 1 amide bonds. The van der Waals surface area contributed by atoms with E-state index < -0.39 is 0 Å². The third-order valence-electron chi connectivity index (χ3n) is 4.27. The van der Waals surface area contributed by atoms with E-state index >= 15 is 0 Å². The van der Waals surface area contributed by atoms with Gasteiger partial charge in [-0.25, -0.2) is 0 Å². The van der Waals surface area contributed by atoms with Crippen LogP contribution in [-0.2, 0) is 4.79 Å². The molecule has 2 aliphatic rings. The van der Waals surface area contributed by atoms with Gasteiger partial charge in [0.15, 0.2) is 0 Å². The Morgan fingerprint density at radius 2 is 1.59 bits per heavy atom. The summed E-state index contributed by atoms with van der Waals surface area (Å²) in [7, 11) is 0. The van der Waals surface area contributed by atoms with Crippen molar-refractivity contribution in [2.75, 3.05) is 0 Å². The van der Waals surface area contributed by atoms with Gasteiger partial charge in [0.2, 0.25) is 5.91 Å². The molecular formula is C13H25N3O. The Morgan fingerprint density at radius 1 is 0.941 bits per heavy atom. The second-order valence-electron chi connectivity index (χ2n) is 5.68. The molecule has 0 heterocycles. The van der Waals surface area contributed by atoms with Crippen molar-refractivity contribution in [1.82, 2.24) is 5.32 Å². The van der Waals surface area contributed by atoms with Crippen molar-refractivity contribution in [3.8, 4) is 0 Å². The summed E-state index contributed by atoms with van der Waals surface area (Å²) in [4.78, 5) is 12.1. The number of hydrogen-bond donors (Lipinski definition) is 3. The van der Waals surface area contributed by atoms with Crippen LogP contribution < -0.4 is 16.8 Å². The van der Waals surface area contributed by atoms with Crippen LogP contribution in [0.3, 0.4) is 0 Å². The Kier molecular flexibility index (Phi) is 4.40. The molecule has 0 saturated heterocycles. The van der Waals surface area contributed by atoms with Crippen LogP contribution in [0.25, 0.3) is 0 Å². The molecule has 2 fully saturated rings. The first-order valence-electron chi connectivity index (χ1n) is 6.98. The molecule has 2 saturated carbocycles. The molecule has 0 radical (unpaired) electrons. The van der Waals surface area contributed by atoms with Gasteiger partial charge in [0.25, 0.3) is 0 Å². The standard InChI is InChI=1S/C13H25N3O/c14-9-5-7-10(8-6-9)16-13(17)11-3-1-2-4-12(11)15/h9-12H,1-8,14-15H2,(H,16,17). The highest BCUT2D eigenvalue weighted by molar-refractivity contribution is 5.79. The zero-order chi connectivity index (χ0) is 12.3. The maximum atomic E-state index is 12.1. The molecule has 0 aromatic carbocycles. The van der Waals surface area contributed by atoms with Crippen molar-refractivity contribution in [2.24, 2.45) is 17.4 Å². The van der Waals surface area contributed by atoms with Gasteiger partial charge in [0.05, 0.1) is 5.92 Å². The minimum atomic E-state index is 0.0411. The quantitative estimate of drug-likeness (QED) is 0.669. The molecule has 0 spiro atoms. The van der Waals surface area contributed by atoms with E-state index in [1.165, 1.54) is 6.42 Å². The maximum Gasteiger partial charge on any atom is 0.224 e. The van der Waals surface area contributed by atoms with Crippen LogP contribution in [0.1, 0.15) is 51.4 Å².